The lowest BCUT2D eigenvalue weighted by Crippen LogP contribution is -2.56. The van der Waals surface area contributed by atoms with Crippen LogP contribution in [-0.4, -0.2) is 95.2 Å². The van der Waals surface area contributed by atoms with Gasteiger partial charge in [0.05, 0.1) is 18.5 Å². The number of carbonyl (C=O) groups excluding carboxylic acids is 6. The smallest absolute Gasteiger partial charge is 0.306 e. The zero-order valence-corrected chi connectivity index (χ0v) is 25.4. The monoisotopic (exact) mass is 622 g/mol. The van der Waals surface area contributed by atoms with Crippen LogP contribution in [0.15, 0.2) is 24.3 Å². The van der Waals surface area contributed by atoms with E-state index in [1.165, 1.54) is 61.9 Å². The number of carbonyl (C=O) groups is 6. The van der Waals surface area contributed by atoms with Gasteiger partial charge in [-0.1, -0.05) is 0 Å². The second kappa shape index (κ2) is 17.0. The Kier molecular flexibility index (Phi) is 13.9. The van der Waals surface area contributed by atoms with E-state index in [1.54, 1.807) is 0 Å². The molecule has 0 bridgehead atoms. The van der Waals surface area contributed by atoms with Crippen molar-refractivity contribution in [2.75, 3.05) is 31.0 Å². The molecular formula is C27H38N6O9S. The molecule has 4 atom stereocenters. The molecule has 1 fully saturated rings. The normalized spacial score (nSPS) is 16.3. The Hall–Kier alpha value is -4.21. The molecular weight excluding hydrogens is 584 g/mol. The van der Waals surface area contributed by atoms with Crippen molar-refractivity contribution in [3.63, 3.8) is 0 Å². The molecule has 0 aromatic heterocycles. The van der Waals surface area contributed by atoms with Crippen molar-refractivity contribution in [1.82, 2.24) is 20.9 Å². The number of hydrogen-bond acceptors (Lipinski definition) is 10. The van der Waals surface area contributed by atoms with Crippen molar-refractivity contribution in [2.24, 2.45) is 0 Å². The highest BCUT2D eigenvalue weighted by Crippen LogP contribution is 2.20. The average molecular weight is 623 g/mol. The van der Waals surface area contributed by atoms with Crippen LogP contribution in [0.5, 0.6) is 0 Å². The van der Waals surface area contributed by atoms with E-state index in [0.29, 0.717) is 30.7 Å². The first kappa shape index (κ1) is 35.0. The van der Waals surface area contributed by atoms with Crippen molar-refractivity contribution in [2.45, 2.75) is 70.1 Å². The van der Waals surface area contributed by atoms with E-state index in [1.807, 2.05) is 6.26 Å². The average Bonchev–Trinajstić information content (AvgIpc) is 3.47. The van der Waals surface area contributed by atoms with Crippen molar-refractivity contribution < 1.29 is 38.4 Å². The van der Waals surface area contributed by atoms with Gasteiger partial charge in [-0.25, -0.2) is 0 Å². The molecule has 16 heteroatoms. The number of esters is 1. The Morgan fingerprint density at radius 1 is 1.02 bits per heavy atom. The third-order valence-electron chi connectivity index (χ3n) is 6.71. The Labute approximate surface area is 253 Å². The molecule has 0 spiro atoms. The van der Waals surface area contributed by atoms with Crippen LogP contribution in [0.1, 0.15) is 46.0 Å². The second-order valence-corrected chi connectivity index (χ2v) is 10.9. The molecule has 1 aliphatic heterocycles. The first-order valence-corrected chi connectivity index (χ1v) is 15.1. The van der Waals surface area contributed by atoms with Crippen LogP contribution in [0.25, 0.3) is 0 Å². The number of nitrogens with zero attached hydrogens (tertiary/aromatic N) is 2. The number of nitro benzene ring substituents is 1. The highest BCUT2D eigenvalue weighted by Gasteiger charge is 2.38. The van der Waals surface area contributed by atoms with E-state index in [9.17, 15) is 38.9 Å². The van der Waals surface area contributed by atoms with Crippen LogP contribution in [0.3, 0.4) is 0 Å². The predicted molar refractivity (Wildman–Crippen MR) is 158 cm³/mol. The molecule has 1 aromatic rings. The SMILES string of the molecule is COC(=O)CCC(=O)NC(C)C(=O)NC(C)C(=O)N1CCCC1C(=O)NC(CCSC)C(=O)Nc1ccc([N+](=O)[O-])cc1. The van der Waals surface area contributed by atoms with Crippen LogP contribution in [0.2, 0.25) is 0 Å². The molecule has 0 aliphatic carbocycles. The van der Waals surface area contributed by atoms with Crippen LogP contribution >= 0.6 is 11.8 Å². The van der Waals surface area contributed by atoms with Gasteiger partial charge < -0.3 is 30.9 Å². The summed E-state index contributed by atoms with van der Waals surface area (Å²) in [6, 6.07) is 1.54. The number of hydrogen-bond donors (Lipinski definition) is 4. The predicted octanol–water partition coefficient (Wildman–Crippen LogP) is 0.725. The third-order valence-corrected chi connectivity index (χ3v) is 7.36. The first-order valence-electron chi connectivity index (χ1n) is 13.7. The molecule has 1 aromatic carbocycles. The van der Waals surface area contributed by atoms with Crippen molar-refractivity contribution in [3.8, 4) is 0 Å². The maximum absolute atomic E-state index is 13.3. The van der Waals surface area contributed by atoms with Crippen LogP contribution in [0.4, 0.5) is 11.4 Å². The van der Waals surface area contributed by atoms with Gasteiger partial charge in [-0.3, -0.25) is 38.9 Å². The van der Waals surface area contributed by atoms with Gasteiger partial charge in [0.1, 0.15) is 24.2 Å². The summed E-state index contributed by atoms with van der Waals surface area (Å²) in [6.07, 6.45) is 2.77. The number of nitrogens with one attached hydrogen (secondary N) is 4. The molecule has 4 N–H and O–H groups in total. The molecule has 1 aliphatic rings. The molecule has 236 valence electrons. The van der Waals surface area contributed by atoms with Crippen molar-refractivity contribution in [3.05, 3.63) is 34.4 Å². The molecule has 0 radical (unpaired) electrons. The number of amides is 5. The van der Waals surface area contributed by atoms with Gasteiger partial charge in [0.15, 0.2) is 0 Å². The lowest BCUT2D eigenvalue weighted by molar-refractivity contribution is -0.384. The standard InChI is InChI=1S/C27H38N6O9S/c1-16(28-22(34)11-12-23(35)42-3)24(36)29-17(2)27(39)32-14-5-6-21(32)26(38)31-20(13-15-43-4)25(37)30-18-7-9-19(10-8-18)33(40)41/h7-10,16-17,20-21H,5-6,11-15H2,1-4H3,(H,28,34)(H,29,36)(H,30,37)(H,31,38). The van der Waals surface area contributed by atoms with E-state index < -0.39 is 64.6 Å². The third kappa shape index (κ3) is 10.9. The van der Waals surface area contributed by atoms with Crippen LogP contribution in [0, 0.1) is 10.1 Å². The molecule has 5 amide bonds. The minimum Gasteiger partial charge on any atom is -0.469 e. The van der Waals surface area contributed by atoms with E-state index in [0.717, 1.165) is 0 Å². The second-order valence-electron chi connectivity index (χ2n) is 9.92. The van der Waals surface area contributed by atoms with E-state index in [-0.39, 0.29) is 25.1 Å². The number of rotatable bonds is 15. The number of non-ortho nitro benzene ring substituents is 1. The minimum absolute atomic E-state index is 0.128. The Balaban J connectivity index is 1.99. The number of ether oxygens (including phenoxy) is 1. The molecule has 4 unspecified atom stereocenters. The van der Waals surface area contributed by atoms with Crippen molar-refractivity contribution in [1.29, 1.82) is 0 Å². The van der Waals surface area contributed by atoms with Gasteiger partial charge in [-0.05, 0) is 57.3 Å². The summed E-state index contributed by atoms with van der Waals surface area (Å²) in [5.41, 5.74) is 0.201. The summed E-state index contributed by atoms with van der Waals surface area (Å²) in [5, 5.41) is 21.3. The van der Waals surface area contributed by atoms with Gasteiger partial charge in [0.2, 0.25) is 29.5 Å². The van der Waals surface area contributed by atoms with E-state index in [2.05, 4.69) is 26.0 Å². The zero-order chi connectivity index (χ0) is 32.1. The summed E-state index contributed by atoms with van der Waals surface area (Å²) in [5.74, 6) is -2.66. The maximum atomic E-state index is 13.3. The zero-order valence-electron chi connectivity index (χ0n) is 24.5. The fourth-order valence-electron chi connectivity index (χ4n) is 4.32. The quantitative estimate of drug-likeness (QED) is 0.122. The number of benzene rings is 1. The molecule has 1 saturated heterocycles. The number of methoxy groups -OCH3 is 1. The fourth-order valence-corrected chi connectivity index (χ4v) is 4.79. The lowest BCUT2D eigenvalue weighted by atomic mass is 10.1. The minimum atomic E-state index is -1.01. The largest absolute Gasteiger partial charge is 0.469 e. The highest BCUT2D eigenvalue weighted by molar-refractivity contribution is 7.98. The van der Waals surface area contributed by atoms with Crippen molar-refractivity contribution >= 4 is 58.6 Å². The Morgan fingerprint density at radius 3 is 2.30 bits per heavy atom. The van der Waals surface area contributed by atoms with Gasteiger partial charge in [0, 0.05) is 30.8 Å². The summed E-state index contributed by atoms with van der Waals surface area (Å²) >= 11 is 1.49. The molecule has 0 saturated carbocycles. The number of anilines is 1. The maximum Gasteiger partial charge on any atom is 0.306 e. The summed E-state index contributed by atoms with van der Waals surface area (Å²) < 4.78 is 4.48. The highest BCUT2D eigenvalue weighted by atomic mass is 32.2. The molecule has 43 heavy (non-hydrogen) atoms. The van der Waals surface area contributed by atoms with Gasteiger partial charge in [-0.15, -0.1) is 0 Å². The summed E-state index contributed by atoms with van der Waals surface area (Å²) in [6.45, 7) is 3.19. The van der Waals surface area contributed by atoms with Crippen LogP contribution < -0.4 is 21.3 Å². The summed E-state index contributed by atoms with van der Waals surface area (Å²) in [4.78, 5) is 87.0. The lowest BCUT2D eigenvalue weighted by Gasteiger charge is -2.29. The number of thioether (sulfide) groups is 1. The number of likely N-dealkylation sites (tertiary alicyclic amines) is 1. The van der Waals surface area contributed by atoms with E-state index >= 15 is 0 Å². The molecule has 15 nitrogen and oxygen atoms in total. The Morgan fingerprint density at radius 2 is 1.70 bits per heavy atom. The first-order chi connectivity index (χ1) is 20.4. The fraction of sp³-hybridized carbons (Fsp3) is 0.556. The summed E-state index contributed by atoms with van der Waals surface area (Å²) in [7, 11) is 1.20. The Bertz CT molecular complexity index is 1200. The topological polar surface area (TPSA) is 206 Å². The molecule has 1 heterocycles. The van der Waals surface area contributed by atoms with Gasteiger partial charge >= 0.3 is 5.97 Å². The molecule has 2 rings (SSSR count). The number of nitro groups is 1. The van der Waals surface area contributed by atoms with Crippen LogP contribution in [-0.2, 0) is 33.5 Å². The van der Waals surface area contributed by atoms with Gasteiger partial charge in [-0.2, -0.15) is 11.8 Å². The van der Waals surface area contributed by atoms with Gasteiger partial charge in [0.25, 0.3) is 5.69 Å². The van der Waals surface area contributed by atoms with E-state index in [4.69, 9.17) is 0 Å².